The monoisotopic (exact) mass is 292 g/mol. The minimum atomic E-state index is -1.18. The molecule has 0 amide bonds. The van der Waals surface area contributed by atoms with Gasteiger partial charge < -0.3 is 20.7 Å². The fraction of sp³-hybridized carbons (Fsp3) is 0.625. The Hall–Kier alpha value is -0.875. The van der Waals surface area contributed by atoms with Crippen molar-refractivity contribution in [1.29, 1.82) is 0 Å². The molecule has 0 saturated carbocycles. The molecule has 0 spiro atoms. The van der Waals surface area contributed by atoms with Crippen molar-refractivity contribution in [3.05, 3.63) is 35.9 Å². The van der Waals surface area contributed by atoms with Gasteiger partial charge in [0.1, 0.15) is 0 Å². The number of unbranched alkanes of at least 4 members (excludes halogenated alkanes) is 1. The molecule has 0 fully saturated rings. The van der Waals surface area contributed by atoms with E-state index in [2.05, 4.69) is 36.2 Å². The molecule has 0 aromatic heterocycles. The Morgan fingerprint density at radius 3 is 2.48 bits per heavy atom. The third-order valence-electron chi connectivity index (χ3n) is 3.79. The lowest BCUT2D eigenvalue weighted by molar-refractivity contribution is 0.317. The van der Waals surface area contributed by atoms with Crippen LogP contribution in [0.15, 0.2) is 30.3 Å². The van der Waals surface area contributed by atoms with Gasteiger partial charge in [-0.05, 0) is 44.7 Å². The Kier molecular flexibility index (Phi) is 9.34. The molecule has 0 bridgehead atoms. The minimum absolute atomic E-state index is 0.208. The first kappa shape index (κ1) is 18.2. The van der Waals surface area contributed by atoms with Crippen molar-refractivity contribution in [3.8, 4) is 0 Å². The molecule has 0 radical (unpaired) electrons. The molecule has 1 atom stereocenters. The first-order valence-electron chi connectivity index (χ1n) is 7.92. The maximum Gasteiger partial charge on any atom is 0.451 e. The molecule has 21 heavy (non-hydrogen) atoms. The van der Waals surface area contributed by atoms with Gasteiger partial charge in [0.15, 0.2) is 0 Å². The third kappa shape index (κ3) is 9.64. The van der Waals surface area contributed by atoms with E-state index in [1.807, 2.05) is 6.07 Å². The van der Waals surface area contributed by atoms with Crippen LogP contribution in [0.25, 0.3) is 0 Å². The highest BCUT2D eigenvalue weighted by atomic mass is 16.4. The first-order valence-corrected chi connectivity index (χ1v) is 7.92. The number of hydrogen-bond donors (Lipinski definition) is 3. The zero-order valence-corrected chi connectivity index (χ0v) is 13.1. The number of benzene rings is 1. The van der Waals surface area contributed by atoms with Crippen molar-refractivity contribution in [1.82, 2.24) is 4.90 Å². The minimum Gasteiger partial charge on any atom is -0.427 e. The lowest BCUT2D eigenvalue weighted by atomic mass is 9.83. The van der Waals surface area contributed by atoms with Gasteiger partial charge in [0, 0.05) is 12.6 Å². The van der Waals surface area contributed by atoms with Gasteiger partial charge in [-0.25, -0.2) is 0 Å². The summed E-state index contributed by atoms with van der Waals surface area (Å²) in [6.45, 7) is 2.06. The lowest BCUT2D eigenvalue weighted by Crippen LogP contribution is -2.29. The van der Waals surface area contributed by atoms with Crippen LogP contribution in [0.5, 0.6) is 0 Å². The second-order valence-corrected chi connectivity index (χ2v) is 5.85. The molecule has 0 aliphatic rings. The molecule has 1 aromatic carbocycles. The van der Waals surface area contributed by atoms with E-state index in [1.165, 1.54) is 5.56 Å². The smallest absolute Gasteiger partial charge is 0.427 e. The van der Waals surface area contributed by atoms with Gasteiger partial charge in [-0.15, -0.1) is 0 Å². The zero-order valence-electron chi connectivity index (χ0n) is 13.1. The van der Waals surface area contributed by atoms with Crippen LogP contribution >= 0.6 is 0 Å². The summed E-state index contributed by atoms with van der Waals surface area (Å²) in [5.41, 5.74) is 7.47. The predicted molar refractivity (Wildman–Crippen MR) is 89.1 cm³/mol. The topological polar surface area (TPSA) is 69.7 Å². The molecular formula is C16H29BN2O2. The molecule has 1 rings (SSSR count). The van der Waals surface area contributed by atoms with Gasteiger partial charge in [0.25, 0.3) is 0 Å². The maximum atomic E-state index is 8.76. The zero-order chi connectivity index (χ0) is 15.5. The third-order valence-corrected chi connectivity index (χ3v) is 3.79. The molecule has 0 aliphatic heterocycles. The molecule has 4 nitrogen and oxygen atoms in total. The molecule has 0 heterocycles. The molecular weight excluding hydrogens is 263 g/mol. The van der Waals surface area contributed by atoms with E-state index in [0.717, 1.165) is 45.2 Å². The Labute approximate surface area is 129 Å². The molecule has 118 valence electrons. The molecule has 0 aliphatic carbocycles. The highest BCUT2D eigenvalue weighted by molar-refractivity contribution is 6.40. The van der Waals surface area contributed by atoms with Gasteiger partial charge in [-0.2, -0.15) is 0 Å². The second kappa shape index (κ2) is 10.8. The summed E-state index contributed by atoms with van der Waals surface area (Å²) in [7, 11) is 0.961. The summed E-state index contributed by atoms with van der Waals surface area (Å²) in [6.07, 6.45) is 5.26. The van der Waals surface area contributed by atoms with Gasteiger partial charge in [0.05, 0.1) is 0 Å². The Morgan fingerprint density at radius 1 is 1.10 bits per heavy atom. The number of nitrogens with two attached hydrogens (primary N) is 1. The van der Waals surface area contributed by atoms with E-state index < -0.39 is 7.12 Å². The number of hydrogen-bond acceptors (Lipinski definition) is 4. The molecule has 0 saturated heterocycles. The summed E-state index contributed by atoms with van der Waals surface area (Å²) in [5, 5.41) is 17.5. The van der Waals surface area contributed by atoms with Gasteiger partial charge in [0.2, 0.25) is 0 Å². The van der Waals surface area contributed by atoms with Gasteiger partial charge in [-0.3, -0.25) is 0 Å². The first-order chi connectivity index (χ1) is 10.1. The Balaban J connectivity index is 2.05. The second-order valence-electron chi connectivity index (χ2n) is 5.85. The lowest BCUT2D eigenvalue weighted by Gasteiger charge is -2.19. The van der Waals surface area contributed by atoms with Crippen molar-refractivity contribution >= 4 is 7.12 Å². The van der Waals surface area contributed by atoms with Crippen LogP contribution in [0.3, 0.4) is 0 Å². The number of likely N-dealkylation sites (N-methyl/N-ethyl adjacent to an activating group) is 1. The molecule has 1 aromatic rings. The maximum absolute atomic E-state index is 8.76. The predicted octanol–water partition coefficient (Wildman–Crippen LogP) is 1.52. The van der Waals surface area contributed by atoms with Crippen molar-refractivity contribution in [3.63, 3.8) is 0 Å². The van der Waals surface area contributed by atoms with E-state index in [4.69, 9.17) is 15.8 Å². The fourth-order valence-electron chi connectivity index (χ4n) is 2.34. The van der Waals surface area contributed by atoms with Crippen LogP contribution < -0.4 is 5.73 Å². The van der Waals surface area contributed by atoms with Crippen LogP contribution in [0.1, 0.15) is 31.2 Å². The molecule has 0 unspecified atom stereocenters. The van der Waals surface area contributed by atoms with Crippen LogP contribution in [0, 0.1) is 0 Å². The Bertz CT molecular complexity index is 363. The van der Waals surface area contributed by atoms with Crippen LogP contribution in [-0.4, -0.2) is 48.2 Å². The van der Waals surface area contributed by atoms with E-state index in [0.29, 0.717) is 6.32 Å². The van der Waals surface area contributed by atoms with Gasteiger partial charge >= 0.3 is 7.12 Å². The largest absolute Gasteiger partial charge is 0.451 e. The standard InChI is InChI=1S/C16H29BN2O2/c1-19(13-10-15-7-3-2-4-8-15)14-11-16(18)9-5-6-12-17(20)21/h2-4,7-8,16,20-21H,5-6,9-14,18H2,1H3/t16-/m1/s1. The number of nitrogens with zero attached hydrogens (tertiary/aromatic N) is 1. The number of rotatable bonds is 11. The van der Waals surface area contributed by atoms with Gasteiger partial charge in [-0.1, -0.05) is 43.2 Å². The van der Waals surface area contributed by atoms with E-state index in [9.17, 15) is 0 Å². The quantitative estimate of drug-likeness (QED) is 0.427. The summed E-state index contributed by atoms with van der Waals surface area (Å²) in [4.78, 5) is 2.32. The van der Waals surface area contributed by atoms with Crippen LogP contribution in [-0.2, 0) is 6.42 Å². The fourth-order valence-corrected chi connectivity index (χ4v) is 2.34. The highest BCUT2D eigenvalue weighted by Crippen LogP contribution is 2.07. The van der Waals surface area contributed by atoms with Crippen molar-refractivity contribution < 1.29 is 10.0 Å². The summed E-state index contributed by atoms with van der Waals surface area (Å²) < 4.78 is 0. The van der Waals surface area contributed by atoms with Crippen molar-refractivity contribution in [2.24, 2.45) is 5.73 Å². The van der Waals surface area contributed by atoms with Crippen molar-refractivity contribution in [2.75, 3.05) is 20.1 Å². The summed E-state index contributed by atoms with van der Waals surface area (Å²) in [6, 6.07) is 10.7. The van der Waals surface area contributed by atoms with E-state index in [-0.39, 0.29) is 6.04 Å². The Morgan fingerprint density at radius 2 is 1.81 bits per heavy atom. The molecule has 4 N–H and O–H groups in total. The summed E-state index contributed by atoms with van der Waals surface area (Å²) in [5.74, 6) is 0. The van der Waals surface area contributed by atoms with Crippen LogP contribution in [0.4, 0.5) is 0 Å². The van der Waals surface area contributed by atoms with Crippen molar-refractivity contribution in [2.45, 2.75) is 44.5 Å². The summed E-state index contributed by atoms with van der Waals surface area (Å²) >= 11 is 0. The average molecular weight is 292 g/mol. The highest BCUT2D eigenvalue weighted by Gasteiger charge is 2.08. The SMILES string of the molecule is CN(CCc1ccccc1)CC[C@H](N)CCCCB(O)O. The normalized spacial score (nSPS) is 12.6. The van der Waals surface area contributed by atoms with Crippen LogP contribution in [0.2, 0.25) is 6.32 Å². The average Bonchev–Trinajstić information content (AvgIpc) is 2.48. The van der Waals surface area contributed by atoms with E-state index >= 15 is 0 Å². The van der Waals surface area contributed by atoms with E-state index in [1.54, 1.807) is 0 Å². The molecule has 5 heteroatoms.